The van der Waals surface area contributed by atoms with E-state index in [-0.39, 0.29) is 0 Å². The van der Waals surface area contributed by atoms with Crippen LogP contribution >= 0.6 is 0 Å². The lowest BCUT2D eigenvalue weighted by Crippen LogP contribution is -2.02. The van der Waals surface area contributed by atoms with Crippen LogP contribution in [0.1, 0.15) is 113 Å². The number of nitrogens with zero attached hydrogens (tertiary/aromatic N) is 2. The summed E-state index contributed by atoms with van der Waals surface area (Å²) in [5, 5.41) is 9.71. The number of azo groups is 1. The first kappa shape index (κ1) is 34.1. The molecular formula is C43H54N2. The van der Waals surface area contributed by atoms with Crippen LogP contribution in [-0.2, 0) is 19.3 Å². The molecule has 4 rings (SSSR count). The second-order valence-electron chi connectivity index (χ2n) is 12.4. The summed E-state index contributed by atoms with van der Waals surface area (Å²) in [6.07, 6.45) is 17.0. The van der Waals surface area contributed by atoms with Gasteiger partial charge in [0.05, 0.1) is 11.4 Å². The van der Waals surface area contributed by atoms with Crippen LogP contribution in [0.4, 0.5) is 5.69 Å². The van der Waals surface area contributed by atoms with Crippen LogP contribution in [0.25, 0.3) is 28.3 Å². The minimum absolute atomic E-state index is 0.832. The first-order valence-electron chi connectivity index (χ1n) is 17.6. The van der Waals surface area contributed by atoms with Crippen molar-refractivity contribution in [2.45, 2.75) is 112 Å². The summed E-state index contributed by atoms with van der Waals surface area (Å²) in [6, 6.07) is 30.5. The fraction of sp³-hybridized carbons (Fsp3) is 0.395. The van der Waals surface area contributed by atoms with Gasteiger partial charge < -0.3 is 0 Å². The van der Waals surface area contributed by atoms with Crippen LogP contribution in [0.2, 0.25) is 0 Å². The van der Waals surface area contributed by atoms with Crippen LogP contribution in [0.5, 0.6) is 0 Å². The van der Waals surface area contributed by atoms with Gasteiger partial charge in [-0.3, -0.25) is 0 Å². The highest BCUT2D eigenvalue weighted by Gasteiger charge is 2.13. The number of unbranched alkanes of at least 4 members (excludes halogenated alkanes) is 6. The minimum atomic E-state index is 0.832. The van der Waals surface area contributed by atoms with E-state index in [4.69, 9.17) is 10.2 Å². The van der Waals surface area contributed by atoms with Gasteiger partial charge in [0.2, 0.25) is 0 Å². The van der Waals surface area contributed by atoms with Gasteiger partial charge in [-0.2, -0.15) is 10.2 Å². The lowest BCUT2D eigenvalue weighted by atomic mass is 9.89. The molecule has 0 bridgehead atoms. The highest BCUT2D eigenvalue weighted by Crippen LogP contribution is 2.36. The molecule has 2 nitrogen and oxygen atoms in total. The second kappa shape index (κ2) is 18.3. The zero-order chi connectivity index (χ0) is 31.9. The van der Waals surface area contributed by atoms with E-state index in [9.17, 15) is 0 Å². The monoisotopic (exact) mass is 598 g/mol. The summed E-state index contributed by atoms with van der Waals surface area (Å²) in [5.74, 6) is 0. The Morgan fingerprint density at radius 2 is 1.18 bits per heavy atom. The van der Waals surface area contributed by atoms with Crippen molar-refractivity contribution in [1.82, 2.24) is 0 Å². The molecule has 45 heavy (non-hydrogen) atoms. The Kier molecular flexibility index (Phi) is 13.8. The highest BCUT2D eigenvalue weighted by atomic mass is 15.1. The third-order valence-electron chi connectivity index (χ3n) is 8.97. The maximum atomic E-state index is 4.86. The van der Waals surface area contributed by atoms with Gasteiger partial charge in [-0.1, -0.05) is 139 Å². The van der Waals surface area contributed by atoms with E-state index in [1.54, 1.807) is 11.1 Å². The molecular weight excluding hydrogens is 544 g/mol. The summed E-state index contributed by atoms with van der Waals surface area (Å²) in [5.41, 5.74) is 13.9. The van der Waals surface area contributed by atoms with Gasteiger partial charge in [0.25, 0.3) is 0 Å². The first-order chi connectivity index (χ1) is 22.1. The van der Waals surface area contributed by atoms with Crippen LogP contribution in [-0.4, -0.2) is 0 Å². The van der Waals surface area contributed by atoms with Crippen molar-refractivity contribution in [2.24, 2.45) is 10.2 Å². The van der Waals surface area contributed by atoms with Gasteiger partial charge in [0.1, 0.15) is 0 Å². The van der Waals surface area contributed by atoms with Crippen molar-refractivity contribution in [3.63, 3.8) is 0 Å². The third kappa shape index (κ3) is 9.85. The normalized spacial score (nSPS) is 11.9. The highest BCUT2D eigenvalue weighted by molar-refractivity contribution is 5.81. The Balaban J connectivity index is 1.69. The molecule has 0 aliphatic rings. The molecule has 0 aliphatic carbocycles. The molecule has 0 aromatic heterocycles. The van der Waals surface area contributed by atoms with Crippen molar-refractivity contribution >= 4 is 11.8 Å². The Morgan fingerprint density at radius 3 is 1.71 bits per heavy atom. The predicted octanol–water partition coefficient (Wildman–Crippen LogP) is 13.7. The molecule has 0 saturated heterocycles. The largest absolute Gasteiger partial charge is 0.155 e. The number of benzene rings is 4. The molecule has 0 N–H and O–H groups in total. The topological polar surface area (TPSA) is 24.7 Å². The first-order valence-corrected chi connectivity index (χ1v) is 17.6. The molecule has 4 aromatic carbocycles. The SMILES string of the molecule is CCCCCCc1cc(C=C(CC)N=Nc2cc(-c3ccccc3)c(C)c(-c3ccccc3)c2)cc(CC)c1CCCCCC. The molecule has 0 radical (unpaired) electrons. The fourth-order valence-corrected chi connectivity index (χ4v) is 6.35. The average molecular weight is 599 g/mol. The van der Waals surface area contributed by atoms with E-state index in [0.29, 0.717) is 0 Å². The van der Waals surface area contributed by atoms with E-state index in [2.05, 4.69) is 126 Å². The maximum Gasteiger partial charge on any atom is 0.0869 e. The molecule has 0 atom stereocenters. The minimum Gasteiger partial charge on any atom is -0.155 e. The van der Waals surface area contributed by atoms with E-state index in [1.165, 1.54) is 103 Å². The number of rotatable bonds is 17. The van der Waals surface area contributed by atoms with Gasteiger partial charge in [-0.25, -0.2) is 0 Å². The fourth-order valence-electron chi connectivity index (χ4n) is 6.35. The maximum absolute atomic E-state index is 4.86. The zero-order valence-corrected chi connectivity index (χ0v) is 28.5. The summed E-state index contributed by atoms with van der Waals surface area (Å²) >= 11 is 0. The van der Waals surface area contributed by atoms with E-state index < -0.39 is 0 Å². The number of aryl methyl sites for hydroxylation is 2. The number of allylic oxidation sites excluding steroid dienone is 1. The van der Waals surface area contributed by atoms with Crippen molar-refractivity contribution in [1.29, 1.82) is 0 Å². The predicted molar refractivity (Wildman–Crippen MR) is 196 cm³/mol. The summed E-state index contributed by atoms with van der Waals surface area (Å²) in [7, 11) is 0. The zero-order valence-electron chi connectivity index (χ0n) is 28.5. The molecule has 0 spiro atoms. The quantitative estimate of drug-likeness (QED) is 0.0853. The van der Waals surface area contributed by atoms with Gasteiger partial charge in [-0.15, -0.1) is 0 Å². The second-order valence-corrected chi connectivity index (χ2v) is 12.4. The smallest absolute Gasteiger partial charge is 0.0869 e. The lowest BCUT2D eigenvalue weighted by molar-refractivity contribution is 0.648. The van der Waals surface area contributed by atoms with Crippen molar-refractivity contribution < 1.29 is 0 Å². The summed E-state index contributed by atoms with van der Waals surface area (Å²) in [4.78, 5) is 0. The Hall–Kier alpha value is -3.78. The van der Waals surface area contributed by atoms with Crippen LogP contribution in [0, 0.1) is 6.92 Å². The van der Waals surface area contributed by atoms with Crippen molar-refractivity contribution in [3.8, 4) is 22.3 Å². The molecule has 0 heterocycles. The molecule has 0 fully saturated rings. The molecule has 0 aliphatic heterocycles. The Bertz CT molecular complexity index is 1470. The Morgan fingerprint density at radius 1 is 0.622 bits per heavy atom. The van der Waals surface area contributed by atoms with Gasteiger partial charge in [0.15, 0.2) is 0 Å². The van der Waals surface area contributed by atoms with E-state index >= 15 is 0 Å². The van der Waals surface area contributed by atoms with Crippen molar-refractivity contribution in [2.75, 3.05) is 0 Å². The Labute approximate surface area is 273 Å². The molecule has 2 heteroatoms. The molecule has 236 valence electrons. The lowest BCUT2D eigenvalue weighted by Gasteiger charge is -2.16. The summed E-state index contributed by atoms with van der Waals surface area (Å²) in [6.45, 7) is 11.3. The van der Waals surface area contributed by atoms with Crippen LogP contribution in [0.15, 0.2) is 101 Å². The van der Waals surface area contributed by atoms with Crippen LogP contribution < -0.4 is 0 Å². The standard InChI is InChI=1S/C43H54N2/c1-6-10-12-16-26-38-29-34(28-35(8-3)41(38)27-21-13-11-7-2)30-39(9-4)44-45-40-31-42(36-22-17-14-18-23-36)33(5)43(32-40)37-24-19-15-20-25-37/h14-15,17-20,22-25,28-32H,6-13,16,21,26-27H2,1-5H3. The van der Waals surface area contributed by atoms with Crippen molar-refractivity contribution in [3.05, 3.63) is 118 Å². The van der Waals surface area contributed by atoms with E-state index in [0.717, 1.165) is 24.2 Å². The molecule has 0 unspecified atom stereocenters. The van der Waals surface area contributed by atoms with Gasteiger partial charge in [-0.05, 0) is 114 Å². The third-order valence-corrected chi connectivity index (χ3v) is 8.97. The average Bonchev–Trinajstić information content (AvgIpc) is 3.08. The molecule has 0 amide bonds. The van der Waals surface area contributed by atoms with E-state index in [1.807, 2.05) is 0 Å². The van der Waals surface area contributed by atoms with Gasteiger partial charge in [0, 0.05) is 0 Å². The molecule has 4 aromatic rings. The number of hydrogen-bond acceptors (Lipinski definition) is 2. The molecule has 0 saturated carbocycles. The van der Waals surface area contributed by atoms with Gasteiger partial charge >= 0.3 is 0 Å². The van der Waals surface area contributed by atoms with Crippen LogP contribution in [0.3, 0.4) is 0 Å². The number of hydrogen-bond donors (Lipinski definition) is 0. The summed E-state index contributed by atoms with van der Waals surface area (Å²) < 4.78 is 0.